The molecule has 0 radical (unpaired) electrons. The molecule has 1 aliphatic heterocycles. The summed E-state index contributed by atoms with van der Waals surface area (Å²) in [7, 11) is 0. The minimum Gasteiger partial charge on any atom is -0.361 e. The molecule has 0 spiro atoms. The lowest BCUT2D eigenvalue weighted by Gasteiger charge is -2.29. The third-order valence-electron chi connectivity index (χ3n) is 1.99. The van der Waals surface area contributed by atoms with Gasteiger partial charge in [-0.15, -0.1) is 0 Å². The number of aryl methyl sites for hydroxylation is 1. The molecule has 4 heteroatoms. The van der Waals surface area contributed by atoms with Gasteiger partial charge in [0.05, 0.1) is 0 Å². The summed E-state index contributed by atoms with van der Waals surface area (Å²) in [5, 5.41) is 3.65. The van der Waals surface area contributed by atoms with E-state index in [1.807, 2.05) is 0 Å². The van der Waals surface area contributed by atoms with Crippen molar-refractivity contribution in [3.05, 3.63) is 17.5 Å². The summed E-state index contributed by atoms with van der Waals surface area (Å²) in [5.74, 6) is 0.664. The van der Waals surface area contributed by atoms with Crippen LogP contribution in [0.4, 0.5) is 0 Å². The highest BCUT2D eigenvalue weighted by Crippen LogP contribution is 2.11. The average Bonchev–Trinajstić information content (AvgIpc) is 2.31. The van der Waals surface area contributed by atoms with Gasteiger partial charge in [0, 0.05) is 19.2 Å². The zero-order valence-corrected chi connectivity index (χ0v) is 6.91. The van der Waals surface area contributed by atoms with Crippen LogP contribution in [0.3, 0.4) is 0 Å². The summed E-state index contributed by atoms with van der Waals surface area (Å²) >= 11 is 0. The lowest BCUT2D eigenvalue weighted by molar-refractivity contribution is 0.0641. The van der Waals surface area contributed by atoms with Crippen LogP contribution in [0.25, 0.3) is 0 Å². The van der Waals surface area contributed by atoms with Gasteiger partial charge in [0.1, 0.15) is 5.76 Å². The molecule has 1 aromatic heterocycles. The van der Waals surface area contributed by atoms with Gasteiger partial charge in [0.15, 0.2) is 5.69 Å². The molecule has 1 amide bonds. The molecule has 1 aliphatic rings. The van der Waals surface area contributed by atoms with Gasteiger partial charge in [-0.1, -0.05) is 5.16 Å². The summed E-state index contributed by atoms with van der Waals surface area (Å²) in [6, 6.07) is 1.67. The van der Waals surface area contributed by atoms with E-state index >= 15 is 0 Å². The number of nitrogens with zero attached hydrogens (tertiary/aromatic N) is 2. The SMILES string of the molecule is Cc1cc(C(=O)N2CCC2)no1. The van der Waals surface area contributed by atoms with Crippen LogP contribution in [-0.4, -0.2) is 29.1 Å². The zero-order chi connectivity index (χ0) is 8.55. The molecule has 0 aromatic carbocycles. The second kappa shape index (κ2) is 2.62. The van der Waals surface area contributed by atoms with Crippen molar-refractivity contribution in [2.75, 3.05) is 13.1 Å². The summed E-state index contributed by atoms with van der Waals surface area (Å²) in [6.45, 7) is 3.48. The van der Waals surface area contributed by atoms with Crippen LogP contribution in [0.1, 0.15) is 22.7 Å². The lowest BCUT2D eigenvalue weighted by atomic mass is 10.2. The highest BCUT2D eigenvalue weighted by Gasteiger charge is 2.23. The van der Waals surface area contributed by atoms with E-state index in [2.05, 4.69) is 5.16 Å². The Bertz CT molecular complexity index is 302. The number of rotatable bonds is 1. The Hall–Kier alpha value is -1.32. The molecule has 2 heterocycles. The summed E-state index contributed by atoms with van der Waals surface area (Å²) in [6.07, 6.45) is 1.10. The maximum absolute atomic E-state index is 11.4. The number of aromatic nitrogens is 1. The zero-order valence-electron chi connectivity index (χ0n) is 6.91. The van der Waals surface area contributed by atoms with Gasteiger partial charge in [-0.25, -0.2) is 0 Å². The number of hydrogen-bond donors (Lipinski definition) is 0. The maximum atomic E-state index is 11.4. The van der Waals surface area contributed by atoms with E-state index in [0.29, 0.717) is 11.5 Å². The van der Waals surface area contributed by atoms with Crippen LogP contribution >= 0.6 is 0 Å². The van der Waals surface area contributed by atoms with Crippen molar-refractivity contribution in [1.82, 2.24) is 10.1 Å². The molecule has 2 rings (SSSR count). The standard InChI is InChI=1S/C8H10N2O2/c1-6-5-7(9-12-6)8(11)10-3-2-4-10/h5H,2-4H2,1H3. The summed E-state index contributed by atoms with van der Waals surface area (Å²) in [4.78, 5) is 13.2. The van der Waals surface area contributed by atoms with E-state index in [1.165, 1.54) is 0 Å². The molecule has 0 N–H and O–H groups in total. The Morgan fingerprint density at radius 2 is 2.42 bits per heavy atom. The van der Waals surface area contributed by atoms with E-state index in [9.17, 15) is 4.79 Å². The summed E-state index contributed by atoms with van der Waals surface area (Å²) in [5.41, 5.74) is 0.423. The van der Waals surface area contributed by atoms with Gasteiger partial charge in [0.2, 0.25) is 0 Å². The average molecular weight is 166 g/mol. The minimum atomic E-state index is -0.0156. The van der Waals surface area contributed by atoms with Crippen molar-refractivity contribution in [3.63, 3.8) is 0 Å². The first kappa shape index (κ1) is 7.34. The fourth-order valence-corrected chi connectivity index (χ4v) is 1.15. The third kappa shape index (κ3) is 1.09. The fourth-order valence-electron chi connectivity index (χ4n) is 1.15. The summed E-state index contributed by atoms with van der Waals surface area (Å²) < 4.78 is 4.81. The first-order chi connectivity index (χ1) is 5.77. The molecule has 0 unspecified atom stereocenters. The quantitative estimate of drug-likeness (QED) is 0.620. The van der Waals surface area contributed by atoms with Crippen LogP contribution in [0.15, 0.2) is 10.6 Å². The van der Waals surface area contributed by atoms with E-state index in [1.54, 1.807) is 17.9 Å². The Kier molecular flexibility index (Phi) is 1.60. The number of hydrogen-bond acceptors (Lipinski definition) is 3. The minimum absolute atomic E-state index is 0.0156. The van der Waals surface area contributed by atoms with Crippen LogP contribution in [0.5, 0.6) is 0 Å². The number of carbonyl (C=O) groups excluding carboxylic acids is 1. The first-order valence-corrected chi connectivity index (χ1v) is 4.00. The molecule has 0 aliphatic carbocycles. The largest absolute Gasteiger partial charge is 0.361 e. The normalized spacial score (nSPS) is 15.9. The van der Waals surface area contributed by atoms with Gasteiger partial charge in [-0.3, -0.25) is 4.79 Å². The van der Waals surface area contributed by atoms with Crippen LogP contribution in [0.2, 0.25) is 0 Å². The molecule has 0 atom stereocenters. The van der Waals surface area contributed by atoms with Crippen molar-refractivity contribution < 1.29 is 9.32 Å². The smallest absolute Gasteiger partial charge is 0.276 e. The van der Waals surface area contributed by atoms with E-state index in [-0.39, 0.29) is 5.91 Å². The number of likely N-dealkylation sites (tertiary alicyclic amines) is 1. The van der Waals surface area contributed by atoms with Crippen molar-refractivity contribution in [3.8, 4) is 0 Å². The Morgan fingerprint density at radius 3 is 2.83 bits per heavy atom. The molecule has 1 saturated heterocycles. The van der Waals surface area contributed by atoms with Crippen LogP contribution in [0, 0.1) is 6.92 Å². The van der Waals surface area contributed by atoms with E-state index < -0.39 is 0 Å². The van der Waals surface area contributed by atoms with Crippen molar-refractivity contribution in [2.24, 2.45) is 0 Å². The van der Waals surface area contributed by atoms with E-state index in [0.717, 1.165) is 19.5 Å². The van der Waals surface area contributed by atoms with Gasteiger partial charge >= 0.3 is 0 Å². The van der Waals surface area contributed by atoms with Gasteiger partial charge in [0.25, 0.3) is 5.91 Å². The highest BCUT2D eigenvalue weighted by molar-refractivity contribution is 5.92. The molecule has 0 bridgehead atoms. The Balaban J connectivity index is 2.13. The van der Waals surface area contributed by atoms with Gasteiger partial charge < -0.3 is 9.42 Å². The van der Waals surface area contributed by atoms with Gasteiger partial charge in [-0.2, -0.15) is 0 Å². The molecule has 12 heavy (non-hydrogen) atoms. The molecule has 0 saturated carbocycles. The van der Waals surface area contributed by atoms with Crippen LogP contribution in [-0.2, 0) is 0 Å². The molecular formula is C8H10N2O2. The molecule has 1 aromatic rings. The predicted molar refractivity (Wildman–Crippen MR) is 41.8 cm³/mol. The van der Waals surface area contributed by atoms with Crippen LogP contribution < -0.4 is 0 Å². The topological polar surface area (TPSA) is 46.3 Å². The molecule has 4 nitrogen and oxygen atoms in total. The number of carbonyl (C=O) groups is 1. The lowest BCUT2D eigenvalue weighted by Crippen LogP contribution is -2.42. The third-order valence-corrected chi connectivity index (χ3v) is 1.99. The fraction of sp³-hybridized carbons (Fsp3) is 0.500. The highest BCUT2D eigenvalue weighted by atomic mass is 16.5. The predicted octanol–water partition coefficient (Wildman–Crippen LogP) is 0.829. The Labute approximate surface area is 70.1 Å². The Morgan fingerprint density at radius 1 is 1.67 bits per heavy atom. The maximum Gasteiger partial charge on any atom is 0.276 e. The molecule has 1 fully saturated rings. The van der Waals surface area contributed by atoms with E-state index in [4.69, 9.17) is 4.52 Å². The first-order valence-electron chi connectivity index (χ1n) is 4.00. The monoisotopic (exact) mass is 166 g/mol. The van der Waals surface area contributed by atoms with Crippen molar-refractivity contribution in [1.29, 1.82) is 0 Å². The second-order valence-corrected chi connectivity index (χ2v) is 2.97. The second-order valence-electron chi connectivity index (χ2n) is 2.97. The van der Waals surface area contributed by atoms with Crippen molar-refractivity contribution in [2.45, 2.75) is 13.3 Å². The van der Waals surface area contributed by atoms with Gasteiger partial charge in [-0.05, 0) is 13.3 Å². The van der Waals surface area contributed by atoms with Crippen molar-refractivity contribution >= 4 is 5.91 Å². The number of amides is 1. The molecular weight excluding hydrogens is 156 g/mol. The molecule has 64 valence electrons.